The number of aryl methyl sites for hydroxylation is 2. The molecule has 2 N–H and O–H groups in total. The Morgan fingerprint density at radius 1 is 1.35 bits per heavy atom. The van der Waals surface area contributed by atoms with Gasteiger partial charge in [-0.25, -0.2) is 4.79 Å². The fourth-order valence-corrected chi connectivity index (χ4v) is 2.17. The number of carbonyl (C=O) groups is 1. The summed E-state index contributed by atoms with van der Waals surface area (Å²) < 4.78 is 5.36. The van der Waals surface area contributed by atoms with Gasteiger partial charge in [0.15, 0.2) is 0 Å². The average Bonchev–Trinajstić information content (AvgIpc) is 2.25. The molecule has 1 rings (SSSR count). The van der Waals surface area contributed by atoms with E-state index in [9.17, 15) is 4.79 Å². The van der Waals surface area contributed by atoms with Crippen molar-refractivity contribution in [3.05, 3.63) is 23.5 Å². The van der Waals surface area contributed by atoms with E-state index in [0.717, 1.165) is 23.5 Å². The number of aromatic nitrogens is 1. The second-order valence-electron chi connectivity index (χ2n) is 5.81. The van der Waals surface area contributed by atoms with E-state index in [1.165, 1.54) is 0 Å². The Balaban J connectivity index is 2.55. The van der Waals surface area contributed by atoms with Crippen molar-refractivity contribution in [3.8, 4) is 0 Å². The summed E-state index contributed by atoms with van der Waals surface area (Å²) in [6, 6.07) is 3.50. The number of methoxy groups -OCH3 is 1. The third kappa shape index (κ3) is 5.57. The number of amides is 2. The zero-order valence-electron chi connectivity index (χ0n) is 13.2. The summed E-state index contributed by atoms with van der Waals surface area (Å²) in [5.41, 5.74) is 2.27. The van der Waals surface area contributed by atoms with E-state index >= 15 is 0 Å². The SMILES string of the molecule is COC(C)(C)C[C@H](C)NC(=O)Nc1cc(C)nc(C)c1. The molecule has 0 aliphatic rings. The Hall–Kier alpha value is -1.62. The number of nitrogens with one attached hydrogen (secondary N) is 2. The van der Waals surface area contributed by atoms with Crippen LogP contribution >= 0.6 is 0 Å². The summed E-state index contributed by atoms with van der Waals surface area (Å²) in [4.78, 5) is 16.2. The highest BCUT2D eigenvalue weighted by molar-refractivity contribution is 5.89. The van der Waals surface area contributed by atoms with Crippen LogP contribution < -0.4 is 10.6 Å². The van der Waals surface area contributed by atoms with Crippen LogP contribution in [0.4, 0.5) is 10.5 Å². The summed E-state index contributed by atoms with van der Waals surface area (Å²) in [7, 11) is 1.68. The smallest absolute Gasteiger partial charge is 0.319 e. The summed E-state index contributed by atoms with van der Waals surface area (Å²) in [6.07, 6.45) is 0.741. The minimum absolute atomic E-state index is 0.0222. The molecule has 5 nitrogen and oxygen atoms in total. The molecule has 0 aromatic carbocycles. The van der Waals surface area contributed by atoms with Crippen LogP contribution in [0, 0.1) is 13.8 Å². The summed E-state index contributed by atoms with van der Waals surface area (Å²) >= 11 is 0. The number of nitrogens with zero attached hydrogens (tertiary/aromatic N) is 1. The Morgan fingerprint density at radius 2 is 1.90 bits per heavy atom. The molecule has 0 saturated heterocycles. The van der Waals surface area contributed by atoms with Gasteiger partial charge in [0, 0.05) is 30.2 Å². The van der Waals surface area contributed by atoms with Gasteiger partial charge in [0.25, 0.3) is 0 Å². The minimum atomic E-state index is -0.253. The average molecular weight is 279 g/mol. The van der Waals surface area contributed by atoms with Crippen LogP contribution in [0.15, 0.2) is 12.1 Å². The van der Waals surface area contributed by atoms with Crippen molar-refractivity contribution in [2.45, 2.75) is 52.7 Å². The molecule has 0 fully saturated rings. The molecule has 0 unspecified atom stereocenters. The Bertz CT molecular complexity index is 452. The predicted molar refractivity (Wildman–Crippen MR) is 81.0 cm³/mol. The largest absolute Gasteiger partial charge is 0.379 e. The van der Waals surface area contributed by atoms with Crippen molar-refractivity contribution in [1.82, 2.24) is 10.3 Å². The maximum absolute atomic E-state index is 11.9. The first-order chi connectivity index (χ1) is 9.21. The molecule has 5 heteroatoms. The van der Waals surface area contributed by atoms with Gasteiger partial charge in [-0.15, -0.1) is 0 Å². The van der Waals surface area contributed by atoms with Crippen LogP contribution in [0.1, 0.15) is 38.6 Å². The second-order valence-corrected chi connectivity index (χ2v) is 5.81. The Labute approximate surface area is 121 Å². The van der Waals surface area contributed by atoms with Gasteiger partial charge in [0.2, 0.25) is 0 Å². The molecule has 1 aromatic heterocycles. The molecule has 1 atom stereocenters. The number of urea groups is 1. The number of ether oxygens (including phenoxy) is 1. The molecule has 20 heavy (non-hydrogen) atoms. The second kappa shape index (κ2) is 6.70. The fraction of sp³-hybridized carbons (Fsp3) is 0.600. The highest BCUT2D eigenvalue weighted by Crippen LogP contribution is 2.15. The van der Waals surface area contributed by atoms with Crippen molar-refractivity contribution < 1.29 is 9.53 Å². The highest BCUT2D eigenvalue weighted by atomic mass is 16.5. The lowest BCUT2D eigenvalue weighted by Gasteiger charge is -2.27. The number of hydrogen-bond acceptors (Lipinski definition) is 3. The van der Waals surface area contributed by atoms with E-state index in [-0.39, 0.29) is 17.7 Å². The predicted octanol–water partition coefficient (Wildman–Crippen LogP) is 3.02. The van der Waals surface area contributed by atoms with Crippen LogP contribution in [0.2, 0.25) is 0 Å². The first-order valence-electron chi connectivity index (χ1n) is 6.80. The van der Waals surface area contributed by atoms with E-state index in [1.807, 2.05) is 46.8 Å². The number of rotatable bonds is 5. The van der Waals surface area contributed by atoms with E-state index in [4.69, 9.17) is 4.74 Å². The zero-order chi connectivity index (χ0) is 15.3. The maximum atomic E-state index is 11.9. The van der Waals surface area contributed by atoms with Crippen LogP contribution in [0.3, 0.4) is 0 Å². The topological polar surface area (TPSA) is 63.2 Å². The molecular formula is C15H25N3O2. The van der Waals surface area contributed by atoms with E-state index in [0.29, 0.717) is 0 Å². The van der Waals surface area contributed by atoms with E-state index in [2.05, 4.69) is 15.6 Å². The molecule has 1 aromatic rings. The molecule has 0 saturated carbocycles. The van der Waals surface area contributed by atoms with Gasteiger partial charge in [-0.3, -0.25) is 4.98 Å². The molecular weight excluding hydrogens is 254 g/mol. The summed E-state index contributed by atoms with van der Waals surface area (Å²) in [5.74, 6) is 0. The first kappa shape index (κ1) is 16.4. The van der Waals surface area contributed by atoms with Gasteiger partial charge in [0.1, 0.15) is 0 Å². The molecule has 0 radical (unpaired) electrons. The molecule has 0 spiro atoms. The minimum Gasteiger partial charge on any atom is -0.379 e. The number of pyridine rings is 1. The third-order valence-corrected chi connectivity index (χ3v) is 3.07. The molecule has 1 heterocycles. The van der Waals surface area contributed by atoms with Gasteiger partial charge in [0.05, 0.1) is 5.60 Å². The summed E-state index contributed by atoms with van der Waals surface area (Å²) in [6.45, 7) is 9.76. The normalized spacial score (nSPS) is 12.9. The van der Waals surface area contributed by atoms with Gasteiger partial charge in [-0.1, -0.05) is 0 Å². The van der Waals surface area contributed by atoms with E-state index < -0.39 is 0 Å². The fourth-order valence-electron chi connectivity index (χ4n) is 2.17. The van der Waals surface area contributed by atoms with Crippen molar-refractivity contribution in [3.63, 3.8) is 0 Å². The summed E-state index contributed by atoms with van der Waals surface area (Å²) in [5, 5.41) is 5.73. The van der Waals surface area contributed by atoms with E-state index in [1.54, 1.807) is 7.11 Å². The number of carbonyl (C=O) groups excluding carboxylic acids is 1. The molecule has 0 bridgehead atoms. The van der Waals surface area contributed by atoms with Crippen LogP contribution in [-0.2, 0) is 4.74 Å². The van der Waals surface area contributed by atoms with Gasteiger partial charge in [-0.2, -0.15) is 0 Å². The van der Waals surface area contributed by atoms with Gasteiger partial charge < -0.3 is 15.4 Å². The van der Waals surface area contributed by atoms with Gasteiger partial charge >= 0.3 is 6.03 Å². The Kier molecular flexibility index (Phi) is 5.51. The molecule has 112 valence electrons. The molecule has 0 aliphatic heterocycles. The van der Waals surface area contributed by atoms with Crippen LogP contribution in [0.25, 0.3) is 0 Å². The highest BCUT2D eigenvalue weighted by Gasteiger charge is 2.21. The van der Waals surface area contributed by atoms with Crippen molar-refractivity contribution >= 4 is 11.7 Å². The number of hydrogen-bond donors (Lipinski definition) is 2. The number of anilines is 1. The van der Waals surface area contributed by atoms with Crippen LogP contribution in [-0.4, -0.2) is 29.8 Å². The van der Waals surface area contributed by atoms with Crippen molar-refractivity contribution in [1.29, 1.82) is 0 Å². The molecule has 0 aliphatic carbocycles. The monoisotopic (exact) mass is 279 g/mol. The van der Waals surface area contributed by atoms with Gasteiger partial charge in [-0.05, 0) is 53.2 Å². The lowest BCUT2D eigenvalue weighted by atomic mass is 10.00. The third-order valence-electron chi connectivity index (χ3n) is 3.07. The standard InChI is InChI=1S/C15H25N3O2/c1-10-7-13(8-11(2)16-10)18-14(19)17-12(3)9-15(4,5)20-6/h7-8,12H,9H2,1-6H3,(H2,16,17,18,19)/t12-/m0/s1. The lowest BCUT2D eigenvalue weighted by Crippen LogP contribution is -2.41. The quantitative estimate of drug-likeness (QED) is 0.871. The zero-order valence-corrected chi connectivity index (χ0v) is 13.2. The van der Waals surface area contributed by atoms with Crippen molar-refractivity contribution in [2.24, 2.45) is 0 Å². The van der Waals surface area contributed by atoms with Crippen molar-refractivity contribution in [2.75, 3.05) is 12.4 Å². The maximum Gasteiger partial charge on any atom is 0.319 e. The molecule has 2 amide bonds. The first-order valence-corrected chi connectivity index (χ1v) is 6.80. The van der Waals surface area contributed by atoms with Crippen LogP contribution in [0.5, 0.6) is 0 Å². The Morgan fingerprint density at radius 3 is 2.40 bits per heavy atom. The lowest BCUT2D eigenvalue weighted by molar-refractivity contribution is 0.00963.